The molecule has 0 radical (unpaired) electrons. The first-order valence-corrected chi connectivity index (χ1v) is 6.08. The lowest BCUT2D eigenvalue weighted by Gasteiger charge is -2.02. The van der Waals surface area contributed by atoms with Gasteiger partial charge in [0.2, 0.25) is 17.7 Å². The van der Waals surface area contributed by atoms with Crippen molar-refractivity contribution in [2.75, 3.05) is 5.32 Å². The minimum Gasteiger partial charge on any atom is -0.319 e. The van der Waals surface area contributed by atoms with E-state index in [1.54, 1.807) is 24.3 Å². The number of carbonyl (C=O) groups is 2. The molecule has 2 amide bonds. The predicted molar refractivity (Wildman–Crippen MR) is 71.1 cm³/mol. The first-order chi connectivity index (χ1) is 9.11. The van der Waals surface area contributed by atoms with Gasteiger partial charge in [-0.1, -0.05) is 15.9 Å². The molecular formula is C11H11BrN5O2+. The summed E-state index contributed by atoms with van der Waals surface area (Å²) < 4.78 is 0.905. The van der Waals surface area contributed by atoms with Gasteiger partial charge in [-0.05, 0) is 24.3 Å². The monoisotopic (exact) mass is 324 g/mol. The van der Waals surface area contributed by atoms with E-state index in [4.69, 9.17) is 5.84 Å². The highest BCUT2D eigenvalue weighted by Crippen LogP contribution is 2.15. The fraction of sp³-hybridized carbons (Fsp3) is 0. The van der Waals surface area contributed by atoms with Gasteiger partial charge in [0, 0.05) is 10.2 Å². The molecule has 1 aromatic carbocycles. The third kappa shape index (κ3) is 2.98. The zero-order valence-electron chi connectivity index (χ0n) is 9.66. The average Bonchev–Trinajstić information content (AvgIpc) is 2.90. The second kappa shape index (κ2) is 5.63. The Morgan fingerprint density at radius 3 is 2.53 bits per heavy atom. The highest BCUT2D eigenvalue weighted by molar-refractivity contribution is 9.10. The molecule has 1 heterocycles. The molecule has 0 spiro atoms. The first kappa shape index (κ1) is 13.2. The van der Waals surface area contributed by atoms with Crippen LogP contribution in [0.15, 0.2) is 35.1 Å². The van der Waals surface area contributed by atoms with Crippen molar-refractivity contribution in [1.82, 2.24) is 10.4 Å². The molecule has 0 bridgehead atoms. The van der Waals surface area contributed by atoms with Crippen LogP contribution in [0, 0.1) is 0 Å². The van der Waals surface area contributed by atoms with E-state index in [9.17, 15) is 9.59 Å². The van der Waals surface area contributed by atoms with Gasteiger partial charge < -0.3 is 5.32 Å². The summed E-state index contributed by atoms with van der Waals surface area (Å²) >= 11 is 3.30. The predicted octanol–water partition coefficient (Wildman–Crippen LogP) is 0.447. The van der Waals surface area contributed by atoms with Crippen LogP contribution < -0.4 is 21.6 Å². The molecule has 0 unspecified atom stereocenters. The van der Waals surface area contributed by atoms with Crippen molar-refractivity contribution in [3.63, 3.8) is 0 Å². The standard InChI is InChI=1S/C11H10BrN5O2/c12-6-1-3-7(4-2-6)16-10(18)8-9(11(19)17-13)15-5-14-8/h1-5H,13H2,(H,14,15)(H,16,18)(H,17,19)/p+1. The molecule has 19 heavy (non-hydrogen) atoms. The quantitative estimate of drug-likeness (QED) is 0.373. The van der Waals surface area contributed by atoms with Crippen molar-refractivity contribution in [2.24, 2.45) is 5.84 Å². The topological polar surface area (TPSA) is 114 Å². The lowest BCUT2D eigenvalue weighted by Crippen LogP contribution is -2.35. The first-order valence-electron chi connectivity index (χ1n) is 5.28. The number of imidazole rings is 1. The minimum atomic E-state index is -0.581. The molecule has 2 aromatic rings. The Hall–Kier alpha value is -2.19. The van der Waals surface area contributed by atoms with Crippen LogP contribution in [0.1, 0.15) is 21.0 Å². The average molecular weight is 325 g/mol. The molecule has 0 aliphatic rings. The smallest absolute Gasteiger partial charge is 0.309 e. The van der Waals surface area contributed by atoms with Crippen LogP contribution in [0.3, 0.4) is 0 Å². The zero-order chi connectivity index (χ0) is 13.8. The lowest BCUT2D eigenvalue weighted by molar-refractivity contribution is -0.379. The van der Waals surface area contributed by atoms with Gasteiger partial charge in [0.15, 0.2) is 0 Å². The maximum atomic E-state index is 12.0. The number of benzene rings is 1. The minimum absolute atomic E-state index is 0.0668. The summed E-state index contributed by atoms with van der Waals surface area (Å²) in [5.74, 6) is 4.01. The van der Waals surface area contributed by atoms with Gasteiger partial charge in [-0.3, -0.25) is 15.0 Å². The van der Waals surface area contributed by atoms with E-state index in [1.165, 1.54) is 6.33 Å². The zero-order valence-corrected chi connectivity index (χ0v) is 11.2. The van der Waals surface area contributed by atoms with Gasteiger partial charge in [-0.15, -0.1) is 0 Å². The van der Waals surface area contributed by atoms with Crippen LogP contribution in [0.5, 0.6) is 0 Å². The number of halogens is 1. The molecule has 1 aromatic heterocycles. The second-order valence-electron chi connectivity index (χ2n) is 3.62. The highest BCUT2D eigenvalue weighted by atomic mass is 79.9. The molecule has 98 valence electrons. The maximum Gasteiger partial charge on any atom is 0.309 e. The number of amides is 2. The van der Waals surface area contributed by atoms with E-state index >= 15 is 0 Å². The van der Waals surface area contributed by atoms with Crippen LogP contribution >= 0.6 is 15.9 Å². The number of carbonyl (C=O) groups excluding carboxylic acids is 2. The van der Waals surface area contributed by atoms with Crippen molar-refractivity contribution >= 4 is 33.4 Å². The van der Waals surface area contributed by atoms with E-state index in [0.717, 1.165) is 4.47 Å². The molecule has 7 nitrogen and oxygen atoms in total. The van der Waals surface area contributed by atoms with Crippen molar-refractivity contribution in [1.29, 1.82) is 0 Å². The Balaban J connectivity index is 2.18. The van der Waals surface area contributed by atoms with Crippen molar-refractivity contribution in [3.8, 4) is 0 Å². The Morgan fingerprint density at radius 1 is 1.21 bits per heavy atom. The van der Waals surface area contributed by atoms with Crippen LogP contribution in [0.2, 0.25) is 0 Å². The van der Waals surface area contributed by atoms with E-state index < -0.39 is 11.8 Å². The number of H-pyrrole nitrogens is 2. The second-order valence-corrected chi connectivity index (χ2v) is 4.53. The number of anilines is 1. The molecule has 2 rings (SSSR count). The molecular weight excluding hydrogens is 314 g/mol. The van der Waals surface area contributed by atoms with E-state index in [2.05, 4.69) is 31.2 Å². The fourth-order valence-electron chi connectivity index (χ4n) is 1.48. The van der Waals surface area contributed by atoms with Crippen molar-refractivity contribution in [3.05, 3.63) is 46.5 Å². The summed E-state index contributed by atoms with van der Waals surface area (Å²) in [6, 6.07) is 7.06. The molecule has 0 aliphatic heterocycles. The molecule has 0 aliphatic carbocycles. The van der Waals surface area contributed by atoms with Gasteiger partial charge in [0.25, 0.3) is 5.91 Å². The van der Waals surface area contributed by atoms with E-state index in [0.29, 0.717) is 5.69 Å². The Morgan fingerprint density at radius 2 is 1.89 bits per heavy atom. The number of rotatable bonds is 3. The summed E-state index contributed by atoms with van der Waals surface area (Å²) in [6.07, 6.45) is 1.38. The molecule has 0 saturated carbocycles. The molecule has 0 fully saturated rings. The summed E-state index contributed by atoms with van der Waals surface area (Å²) in [5, 5.41) is 2.66. The van der Waals surface area contributed by atoms with Gasteiger partial charge in [0.1, 0.15) is 0 Å². The number of nitrogen functional groups attached to an aromatic ring is 1. The summed E-state index contributed by atoms with van der Waals surface area (Å²) in [7, 11) is 0. The number of hydrogen-bond donors (Lipinski definition) is 4. The molecule has 0 saturated heterocycles. The molecule has 6 N–H and O–H groups in total. The Labute approximate surface area is 116 Å². The van der Waals surface area contributed by atoms with Gasteiger partial charge in [-0.2, -0.15) is 0 Å². The van der Waals surface area contributed by atoms with Crippen LogP contribution in [0.25, 0.3) is 0 Å². The summed E-state index contributed by atoms with van der Waals surface area (Å²) in [4.78, 5) is 28.7. The van der Waals surface area contributed by atoms with Crippen LogP contribution in [-0.2, 0) is 0 Å². The number of hydrogen-bond acceptors (Lipinski definition) is 3. The third-order valence-electron chi connectivity index (χ3n) is 2.37. The third-order valence-corrected chi connectivity index (χ3v) is 2.90. The van der Waals surface area contributed by atoms with E-state index in [-0.39, 0.29) is 11.4 Å². The molecule has 0 atom stereocenters. The Bertz CT molecular complexity index is 608. The SMILES string of the molecule is NNC(=O)c1[nH+]c[nH]c1C(=O)Nc1ccc(Br)cc1. The number of aromatic nitrogens is 2. The van der Waals surface area contributed by atoms with Gasteiger partial charge in [-0.25, -0.2) is 15.8 Å². The number of aromatic amines is 2. The fourth-order valence-corrected chi connectivity index (χ4v) is 1.75. The maximum absolute atomic E-state index is 12.0. The Kier molecular flexibility index (Phi) is 3.93. The van der Waals surface area contributed by atoms with Gasteiger partial charge >= 0.3 is 5.91 Å². The number of nitrogens with one attached hydrogen (secondary N) is 4. The van der Waals surface area contributed by atoms with E-state index in [1.807, 2.05) is 5.43 Å². The largest absolute Gasteiger partial charge is 0.319 e. The number of nitrogens with two attached hydrogens (primary N) is 1. The van der Waals surface area contributed by atoms with Crippen LogP contribution in [0.4, 0.5) is 5.69 Å². The lowest BCUT2D eigenvalue weighted by atomic mass is 10.2. The summed E-state index contributed by atoms with van der Waals surface area (Å²) in [6.45, 7) is 0. The number of hydrazine groups is 1. The van der Waals surface area contributed by atoms with Crippen molar-refractivity contribution in [2.45, 2.75) is 0 Å². The summed E-state index contributed by atoms with van der Waals surface area (Å²) in [5.41, 5.74) is 2.74. The van der Waals surface area contributed by atoms with Crippen molar-refractivity contribution < 1.29 is 14.6 Å². The van der Waals surface area contributed by atoms with Gasteiger partial charge in [0.05, 0.1) is 0 Å². The highest BCUT2D eigenvalue weighted by Gasteiger charge is 2.25. The molecule has 8 heteroatoms. The van der Waals surface area contributed by atoms with Crippen LogP contribution in [-0.4, -0.2) is 16.8 Å². The normalized spacial score (nSPS) is 10.0.